The number of para-hydroxylation sites is 1. The molecule has 25 heavy (non-hydrogen) atoms. The number of benzene rings is 1. The fourth-order valence-electron chi connectivity index (χ4n) is 4.04. The van der Waals surface area contributed by atoms with Crippen molar-refractivity contribution in [3.63, 3.8) is 0 Å². The van der Waals surface area contributed by atoms with Gasteiger partial charge in [-0.1, -0.05) is 18.2 Å². The zero-order valence-corrected chi connectivity index (χ0v) is 15.3. The van der Waals surface area contributed by atoms with Crippen molar-refractivity contribution in [2.24, 2.45) is 0 Å². The molecule has 1 aromatic rings. The summed E-state index contributed by atoms with van der Waals surface area (Å²) in [7, 11) is 5.40. The summed E-state index contributed by atoms with van der Waals surface area (Å²) < 4.78 is 5.06. The third kappa shape index (κ3) is 3.16. The van der Waals surface area contributed by atoms with Crippen LogP contribution in [0.5, 0.6) is 0 Å². The van der Waals surface area contributed by atoms with E-state index in [0.29, 0.717) is 26.2 Å². The number of ether oxygens (including phenoxy) is 1. The van der Waals surface area contributed by atoms with Crippen LogP contribution in [0.1, 0.15) is 18.4 Å². The van der Waals surface area contributed by atoms with Crippen LogP contribution < -0.4 is 4.90 Å². The topological polar surface area (TPSA) is 53.1 Å². The molecule has 2 aliphatic rings. The van der Waals surface area contributed by atoms with Crippen molar-refractivity contribution in [3.05, 3.63) is 29.8 Å². The molecular formula is C19H27N3O3. The second kappa shape index (κ2) is 7.14. The molecule has 0 radical (unpaired) electrons. The van der Waals surface area contributed by atoms with Crippen molar-refractivity contribution < 1.29 is 14.3 Å². The molecule has 1 atom stereocenters. The average molecular weight is 345 g/mol. The minimum absolute atomic E-state index is 0.0810. The Morgan fingerprint density at radius 3 is 2.88 bits per heavy atom. The predicted molar refractivity (Wildman–Crippen MR) is 96.7 cm³/mol. The number of anilines is 1. The summed E-state index contributed by atoms with van der Waals surface area (Å²) >= 11 is 0. The standard InChI is InChI=1S/C19H27N3O3/c1-20(11-12-25-3)13-17(23)22-10-6-9-19(14-22)15-7-4-5-8-16(15)21(2)18(19)24/h4-5,7-8H,6,9-14H2,1-3H3. The van der Waals surface area contributed by atoms with Gasteiger partial charge < -0.3 is 14.5 Å². The molecule has 2 heterocycles. The van der Waals surface area contributed by atoms with Gasteiger partial charge in [0, 0.05) is 39.5 Å². The fourth-order valence-corrected chi connectivity index (χ4v) is 4.04. The van der Waals surface area contributed by atoms with E-state index in [1.54, 1.807) is 12.0 Å². The quantitative estimate of drug-likeness (QED) is 0.802. The number of likely N-dealkylation sites (N-methyl/N-ethyl adjacent to an activating group) is 2. The molecule has 0 aliphatic carbocycles. The number of amides is 2. The number of carbonyl (C=O) groups is 2. The predicted octanol–water partition coefficient (Wildman–Crippen LogP) is 1.10. The summed E-state index contributed by atoms with van der Waals surface area (Å²) in [5, 5.41) is 0. The summed E-state index contributed by atoms with van der Waals surface area (Å²) in [6.45, 7) is 2.86. The molecule has 136 valence electrons. The van der Waals surface area contributed by atoms with Gasteiger partial charge >= 0.3 is 0 Å². The summed E-state index contributed by atoms with van der Waals surface area (Å²) in [6.07, 6.45) is 1.65. The van der Waals surface area contributed by atoms with Crippen LogP contribution in [-0.4, -0.2) is 75.6 Å². The van der Waals surface area contributed by atoms with E-state index in [0.717, 1.165) is 30.6 Å². The van der Waals surface area contributed by atoms with Gasteiger partial charge in [-0.3, -0.25) is 14.5 Å². The van der Waals surface area contributed by atoms with Crippen LogP contribution in [-0.2, 0) is 19.7 Å². The van der Waals surface area contributed by atoms with E-state index in [-0.39, 0.29) is 11.8 Å². The van der Waals surface area contributed by atoms with Crippen LogP contribution in [0.3, 0.4) is 0 Å². The summed E-state index contributed by atoms with van der Waals surface area (Å²) in [6, 6.07) is 7.96. The Bertz CT molecular complexity index is 663. The first kappa shape index (κ1) is 17.9. The number of carbonyl (C=O) groups excluding carboxylic acids is 2. The van der Waals surface area contributed by atoms with E-state index in [4.69, 9.17) is 4.74 Å². The van der Waals surface area contributed by atoms with Crippen molar-refractivity contribution in [1.29, 1.82) is 0 Å². The maximum Gasteiger partial charge on any atom is 0.239 e. The zero-order chi connectivity index (χ0) is 18.0. The molecule has 1 unspecified atom stereocenters. The van der Waals surface area contributed by atoms with Crippen LogP contribution in [0.4, 0.5) is 5.69 Å². The van der Waals surface area contributed by atoms with E-state index in [9.17, 15) is 9.59 Å². The number of likely N-dealkylation sites (tertiary alicyclic amines) is 1. The Balaban J connectivity index is 1.77. The first-order valence-electron chi connectivity index (χ1n) is 8.82. The highest BCUT2D eigenvalue weighted by molar-refractivity contribution is 6.08. The van der Waals surface area contributed by atoms with Gasteiger partial charge in [-0.2, -0.15) is 0 Å². The molecule has 0 bridgehead atoms. The van der Waals surface area contributed by atoms with Crippen molar-refractivity contribution >= 4 is 17.5 Å². The number of hydrogen-bond acceptors (Lipinski definition) is 4. The lowest BCUT2D eigenvalue weighted by atomic mass is 9.75. The van der Waals surface area contributed by atoms with Crippen molar-refractivity contribution in [1.82, 2.24) is 9.80 Å². The lowest BCUT2D eigenvalue weighted by Crippen LogP contribution is -2.54. The fraction of sp³-hybridized carbons (Fsp3) is 0.579. The van der Waals surface area contributed by atoms with Gasteiger partial charge in [0.2, 0.25) is 11.8 Å². The zero-order valence-electron chi connectivity index (χ0n) is 15.3. The van der Waals surface area contributed by atoms with Crippen molar-refractivity contribution in [3.8, 4) is 0 Å². The van der Waals surface area contributed by atoms with Gasteiger partial charge in [0.1, 0.15) is 0 Å². The van der Waals surface area contributed by atoms with Crippen LogP contribution in [0.15, 0.2) is 24.3 Å². The lowest BCUT2D eigenvalue weighted by molar-refractivity contribution is -0.136. The number of methoxy groups -OCH3 is 1. The average Bonchev–Trinajstić information content (AvgIpc) is 2.83. The van der Waals surface area contributed by atoms with E-state index < -0.39 is 5.41 Å². The molecule has 2 aliphatic heterocycles. The number of rotatable bonds is 5. The van der Waals surface area contributed by atoms with Gasteiger partial charge in [-0.25, -0.2) is 0 Å². The number of hydrogen-bond donors (Lipinski definition) is 0. The Morgan fingerprint density at radius 2 is 2.12 bits per heavy atom. The second-order valence-corrected chi connectivity index (χ2v) is 7.11. The molecule has 1 saturated heterocycles. The highest BCUT2D eigenvalue weighted by Gasteiger charge is 2.52. The molecule has 6 nitrogen and oxygen atoms in total. The van der Waals surface area contributed by atoms with Crippen LogP contribution in [0.25, 0.3) is 0 Å². The van der Waals surface area contributed by atoms with Crippen molar-refractivity contribution in [2.75, 3.05) is 58.9 Å². The van der Waals surface area contributed by atoms with Gasteiger partial charge in [0.25, 0.3) is 0 Å². The molecule has 3 rings (SSSR count). The minimum Gasteiger partial charge on any atom is -0.383 e. The molecular weight excluding hydrogens is 318 g/mol. The summed E-state index contributed by atoms with van der Waals surface area (Å²) in [5.74, 6) is 0.191. The molecule has 6 heteroatoms. The highest BCUT2D eigenvalue weighted by atomic mass is 16.5. The first-order chi connectivity index (χ1) is 12.0. The Kier molecular flexibility index (Phi) is 5.11. The van der Waals surface area contributed by atoms with E-state index in [1.807, 2.05) is 48.2 Å². The van der Waals surface area contributed by atoms with Crippen molar-refractivity contribution in [2.45, 2.75) is 18.3 Å². The van der Waals surface area contributed by atoms with Gasteiger partial charge in [0.05, 0.1) is 18.6 Å². The normalized spacial score (nSPS) is 22.8. The third-order valence-corrected chi connectivity index (χ3v) is 5.42. The van der Waals surface area contributed by atoms with E-state index >= 15 is 0 Å². The molecule has 0 saturated carbocycles. The molecule has 1 fully saturated rings. The maximum absolute atomic E-state index is 13.0. The van der Waals surface area contributed by atoms with Crippen LogP contribution in [0.2, 0.25) is 0 Å². The Morgan fingerprint density at radius 1 is 1.36 bits per heavy atom. The van der Waals surface area contributed by atoms with Gasteiger partial charge in [-0.05, 0) is 31.5 Å². The molecule has 1 spiro atoms. The maximum atomic E-state index is 13.0. The second-order valence-electron chi connectivity index (χ2n) is 7.11. The monoisotopic (exact) mass is 345 g/mol. The van der Waals surface area contributed by atoms with Crippen LogP contribution in [0, 0.1) is 0 Å². The van der Waals surface area contributed by atoms with Gasteiger partial charge in [0.15, 0.2) is 0 Å². The molecule has 2 amide bonds. The highest BCUT2D eigenvalue weighted by Crippen LogP contribution is 2.46. The first-order valence-corrected chi connectivity index (χ1v) is 8.82. The lowest BCUT2D eigenvalue weighted by Gasteiger charge is -2.40. The minimum atomic E-state index is -0.579. The van der Waals surface area contributed by atoms with E-state index in [2.05, 4.69) is 0 Å². The van der Waals surface area contributed by atoms with E-state index in [1.165, 1.54) is 0 Å². The number of fused-ring (bicyclic) bond motifs is 2. The summed E-state index contributed by atoms with van der Waals surface area (Å²) in [4.78, 5) is 31.3. The third-order valence-electron chi connectivity index (χ3n) is 5.42. The number of piperidine rings is 1. The number of nitrogens with zero attached hydrogens (tertiary/aromatic N) is 3. The summed E-state index contributed by atoms with van der Waals surface area (Å²) in [5.41, 5.74) is 1.46. The Labute approximate surface area is 149 Å². The molecule has 0 aromatic heterocycles. The Hall–Kier alpha value is -1.92. The van der Waals surface area contributed by atoms with Gasteiger partial charge in [-0.15, -0.1) is 0 Å². The van der Waals surface area contributed by atoms with Crippen LogP contribution >= 0.6 is 0 Å². The molecule has 0 N–H and O–H groups in total. The SMILES string of the molecule is COCCN(C)CC(=O)N1CCCC2(C1)C(=O)N(C)c1ccccc12. The largest absolute Gasteiger partial charge is 0.383 e. The molecule has 1 aromatic carbocycles. The smallest absolute Gasteiger partial charge is 0.239 e.